The van der Waals surface area contributed by atoms with Crippen molar-refractivity contribution in [2.75, 3.05) is 25.1 Å². The maximum atomic E-state index is 6.07. The van der Waals surface area contributed by atoms with Crippen molar-refractivity contribution in [3.05, 3.63) is 17.6 Å². The van der Waals surface area contributed by atoms with Gasteiger partial charge < -0.3 is 14.8 Å². The summed E-state index contributed by atoms with van der Waals surface area (Å²) in [5.74, 6) is 1.54. The van der Waals surface area contributed by atoms with Gasteiger partial charge in [0.1, 0.15) is 5.69 Å². The third kappa shape index (κ3) is 2.81. The Morgan fingerprint density at radius 1 is 1.25 bits per heavy atom. The molecule has 1 saturated heterocycles. The summed E-state index contributed by atoms with van der Waals surface area (Å²) in [4.78, 5) is 9.22. The van der Waals surface area contributed by atoms with Gasteiger partial charge in [0.25, 0.3) is 5.88 Å². The van der Waals surface area contributed by atoms with E-state index >= 15 is 0 Å². The van der Waals surface area contributed by atoms with Crippen LogP contribution >= 0.6 is 0 Å². The standard InChI is InChI=1S/C19H25N7O2.H2/c1-11-10-27-8-5-15(11)26-13(3)16-18(24-26)28-7-4-6-25-17-14(12(2)23-25)9-20-19(21-16)22-17;/h9,11,15H,4-8,10H2,1-3H3,(H,20,21,22);1H/t11-,15+;/m1./s1. The predicted molar refractivity (Wildman–Crippen MR) is 106 cm³/mol. The Labute approximate surface area is 164 Å². The number of rotatable bonds is 1. The highest BCUT2D eigenvalue weighted by Gasteiger charge is 2.29. The summed E-state index contributed by atoms with van der Waals surface area (Å²) in [6.45, 7) is 9.08. The average Bonchev–Trinajstić information content (AvgIpc) is 3.16. The molecule has 2 atom stereocenters. The second kappa shape index (κ2) is 6.73. The van der Waals surface area contributed by atoms with Crippen molar-refractivity contribution in [3.63, 3.8) is 0 Å². The summed E-state index contributed by atoms with van der Waals surface area (Å²) in [5, 5.41) is 13.7. The molecule has 2 aliphatic rings. The number of aryl methyl sites for hydroxylation is 2. The maximum absolute atomic E-state index is 6.07. The summed E-state index contributed by atoms with van der Waals surface area (Å²) >= 11 is 0. The predicted octanol–water partition coefficient (Wildman–Crippen LogP) is 3.01. The van der Waals surface area contributed by atoms with E-state index in [1.54, 1.807) is 0 Å². The van der Waals surface area contributed by atoms with Crippen molar-refractivity contribution in [1.29, 1.82) is 0 Å². The number of ether oxygens (including phenoxy) is 2. The zero-order valence-electron chi connectivity index (χ0n) is 16.5. The zero-order valence-corrected chi connectivity index (χ0v) is 16.5. The molecule has 0 spiro atoms. The van der Waals surface area contributed by atoms with Gasteiger partial charge in [0.2, 0.25) is 5.95 Å². The van der Waals surface area contributed by atoms with Gasteiger partial charge in [-0.2, -0.15) is 10.1 Å². The highest BCUT2D eigenvalue weighted by molar-refractivity contribution is 5.79. The van der Waals surface area contributed by atoms with E-state index in [1.165, 1.54) is 0 Å². The molecule has 150 valence electrons. The quantitative estimate of drug-likeness (QED) is 0.688. The first kappa shape index (κ1) is 17.4. The molecule has 0 saturated carbocycles. The summed E-state index contributed by atoms with van der Waals surface area (Å²) in [5.41, 5.74) is 3.66. The molecule has 0 amide bonds. The van der Waals surface area contributed by atoms with Crippen LogP contribution in [-0.2, 0) is 11.3 Å². The topological polar surface area (TPSA) is 91.9 Å². The Morgan fingerprint density at radius 3 is 3.00 bits per heavy atom. The molecule has 9 heteroatoms. The van der Waals surface area contributed by atoms with Crippen LogP contribution in [0.1, 0.15) is 38.6 Å². The first-order valence-electron chi connectivity index (χ1n) is 9.88. The molecule has 28 heavy (non-hydrogen) atoms. The molecule has 1 N–H and O–H groups in total. The van der Waals surface area contributed by atoms with E-state index in [-0.39, 0.29) is 1.43 Å². The molecule has 3 aromatic heterocycles. The minimum atomic E-state index is 0. The Kier molecular flexibility index (Phi) is 4.19. The molecule has 2 bridgehead atoms. The molecule has 2 aliphatic heterocycles. The van der Waals surface area contributed by atoms with Gasteiger partial charge in [-0.3, -0.25) is 4.68 Å². The summed E-state index contributed by atoms with van der Waals surface area (Å²) in [6, 6.07) is 0.298. The van der Waals surface area contributed by atoms with Crippen molar-refractivity contribution in [2.45, 2.75) is 46.2 Å². The van der Waals surface area contributed by atoms with Crippen LogP contribution in [0.4, 0.5) is 11.6 Å². The van der Waals surface area contributed by atoms with E-state index in [1.807, 2.05) is 17.8 Å². The lowest BCUT2D eigenvalue weighted by Crippen LogP contribution is -2.29. The van der Waals surface area contributed by atoms with Gasteiger partial charge in [-0.15, -0.1) is 5.10 Å². The van der Waals surface area contributed by atoms with Gasteiger partial charge in [0.15, 0.2) is 5.65 Å². The van der Waals surface area contributed by atoms with Gasteiger partial charge >= 0.3 is 0 Å². The lowest BCUT2D eigenvalue weighted by molar-refractivity contribution is 0.0240. The first-order valence-corrected chi connectivity index (χ1v) is 9.88. The van der Waals surface area contributed by atoms with Crippen LogP contribution in [-0.4, -0.2) is 49.3 Å². The largest absolute Gasteiger partial charge is 0.475 e. The third-order valence-electron chi connectivity index (χ3n) is 5.69. The molecule has 5 rings (SSSR count). The minimum absolute atomic E-state index is 0. The fourth-order valence-electron chi connectivity index (χ4n) is 4.11. The zero-order chi connectivity index (χ0) is 19.3. The lowest BCUT2D eigenvalue weighted by atomic mass is 9.98. The fourth-order valence-corrected chi connectivity index (χ4v) is 4.11. The smallest absolute Gasteiger partial charge is 0.257 e. The number of hydrogen-bond acceptors (Lipinski definition) is 7. The van der Waals surface area contributed by atoms with Crippen molar-refractivity contribution < 1.29 is 10.9 Å². The molecule has 5 heterocycles. The molecule has 0 aliphatic carbocycles. The van der Waals surface area contributed by atoms with Crippen LogP contribution in [0.2, 0.25) is 0 Å². The Balaban J connectivity index is 0.00000205. The Hall–Kier alpha value is -2.68. The van der Waals surface area contributed by atoms with Crippen LogP contribution in [0.15, 0.2) is 6.20 Å². The van der Waals surface area contributed by atoms with Crippen LogP contribution in [0.3, 0.4) is 0 Å². The molecule has 1 fully saturated rings. The molecule has 0 unspecified atom stereocenters. The van der Waals surface area contributed by atoms with Crippen LogP contribution in [0.25, 0.3) is 11.0 Å². The van der Waals surface area contributed by atoms with Gasteiger partial charge in [0.05, 0.1) is 36.0 Å². The summed E-state index contributed by atoms with van der Waals surface area (Å²) in [7, 11) is 0. The highest BCUT2D eigenvalue weighted by Crippen LogP contribution is 2.36. The first-order chi connectivity index (χ1) is 13.6. The number of nitrogens with one attached hydrogen (secondary N) is 1. The molecule has 0 radical (unpaired) electrons. The number of anilines is 2. The molecule has 3 aromatic rings. The van der Waals surface area contributed by atoms with E-state index in [0.29, 0.717) is 30.4 Å². The van der Waals surface area contributed by atoms with Crippen LogP contribution in [0, 0.1) is 19.8 Å². The van der Waals surface area contributed by atoms with Gasteiger partial charge in [-0.05, 0) is 20.3 Å². The molecular formula is C19H27N7O2. The summed E-state index contributed by atoms with van der Waals surface area (Å²) in [6.07, 6.45) is 3.61. The van der Waals surface area contributed by atoms with Gasteiger partial charge in [0, 0.05) is 33.1 Å². The number of nitrogens with zero attached hydrogens (tertiary/aromatic N) is 6. The normalized spacial score (nSPS) is 22.4. The van der Waals surface area contributed by atoms with Gasteiger partial charge in [-0.1, -0.05) is 6.92 Å². The third-order valence-corrected chi connectivity index (χ3v) is 5.69. The van der Waals surface area contributed by atoms with Crippen molar-refractivity contribution in [3.8, 4) is 5.88 Å². The van der Waals surface area contributed by atoms with Crippen LogP contribution in [0.5, 0.6) is 5.88 Å². The Bertz CT molecular complexity index is 1030. The monoisotopic (exact) mass is 385 g/mol. The number of aromatic nitrogens is 6. The van der Waals surface area contributed by atoms with Crippen LogP contribution < -0.4 is 10.1 Å². The van der Waals surface area contributed by atoms with E-state index in [9.17, 15) is 0 Å². The minimum Gasteiger partial charge on any atom is -0.475 e. The highest BCUT2D eigenvalue weighted by atomic mass is 16.5. The van der Waals surface area contributed by atoms with Gasteiger partial charge in [-0.25, -0.2) is 9.67 Å². The Morgan fingerprint density at radius 2 is 2.14 bits per heavy atom. The summed E-state index contributed by atoms with van der Waals surface area (Å²) < 4.78 is 15.7. The molecule has 0 aromatic carbocycles. The second-order valence-corrected chi connectivity index (χ2v) is 7.68. The number of hydrogen-bond donors (Lipinski definition) is 1. The average molecular weight is 385 g/mol. The van der Waals surface area contributed by atoms with Crippen molar-refractivity contribution >= 4 is 22.7 Å². The SMILES string of the molecule is Cc1nn2c3nc(ncc13)Nc1c(nn([C@H]3CCOC[C@H]3C)c1C)OCCC2.[HH]. The second-order valence-electron chi connectivity index (χ2n) is 7.68. The van der Waals surface area contributed by atoms with Crippen molar-refractivity contribution in [1.82, 2.24) is 29.5 Å². The van der Waals surface area contributed by atoms with E-state index < -0.39 is 0 Å². The number of fused-ring (bicyclic) bond motifs is 2. The fraction of sp³-hybridized carbons (Fsp3) is 0.579. The maximum Gasteiger partial charge on any atom is 0.257 e. The van der Waals surface area contributed by atoms with E-state index in [0.717, 1.165) is 60.7 Å². The van der Waals surface area contributed by atoms with E-state index in [2.05, 4.69) is 33.9 Å². The van der Waals surface area contributed by atoms with Crippen molar-refractivity contribution in [2.24, 2.45) is 5.92 Å². The molecule has 9 nitrogen and oxygen atoms in total. The van der Waals surface area contributed by atoms with E-state index in [4.69, 9.17) is 19.6 Å². The lowest BCUT2D eigenvalue weighted by Gasteiger charge is -2.29. The molecular weight excluding hydrogens is 358 g/mol.